The smallest absolute Gasteiger partial charge is 0.271 e. The second-order valence-corrected chi connectivity index (χ2v) is 7.64. The molecule has 0 aliphatic carbocycles. The van der Waals surface area contributed by atoms with Gasteiger partial charge in [-0.3, -0.25) is 9.20 Å². The van der Waals surface area contributed by atoms with Crippen molar-refractivity contribution in [2.45, 2.75) is 26.3 Å². The number of hydrogen-bond acceptors (Lipinski definition) is 5. The molecule has 0 aliphatic rings. The van der Waals surface area contributed by atoms with E-state index in [9.17, 15) is 4.79 Å². The number of fused-ring (bicyclic) bond motifs is 1. The maximum atomic E-state index is 11.9. The second-order valence-electron chi connectivity index (χ2n) is 7.64. The van der Waals surface area contributed by atoms with Gasteiger partial charge in [-0.1, -0.05) is 61.9 Å². The largest absolute Gasteiger partial charge is 0.364 e. The molecule has 0 atom stereocenters. The highest BCUT2D eigenvalue weighted by atomic mass is 16.1. The molecule has 0 fully saturated rings. The Morgan fingerprint density at radius 1 is 1.09 bits per heavy atom. The van der Waals surface area contributed by atoms with E-state index in [1.165, 1.54) is 0 Å². The summed E-state index contributed by atoms with van der Waals surface area (Å²) >= 11 is 0. The van der Waals surface area contributed by atoms with Crippen molar-refractivity contribution < 1.29 is 4.79 Å². The molecule has 160 valence electrons. The summed E-state index contributed by atoms with van der Waals surface area (Å²) in [6, 6.07) is 16.4. The first-order chi connectivity index (χ1) is 15.7. The number of aryl methyl sites for hydroxylation is 1. The fraction of sp³-hybridized carbons (Fsp3) is 0.174. The third-order valence-electron chi connectivity index (χ3n) is 5.53. The number of H-pyrrole nitrogens is 1. The minimum atomic E-state index is -0.524. The van der Waals surface area contributed by atoms with Crippen molar-refractivity contribution in [1.82, 2.24) is 34.6 Å². The second kappa shape index (κ2) is 8.10. The van der Waals surface area contributed by atoms with E-state index in [4.69, 9.17) is 5.73 Å². The van der Waals surface area contributed by atoms with E-state index in [2.05, 4.69) is 61.4 Å². The molecule has 0 spiro atoms. The van der Waals surface area contributed by atoms with Gasteiger partial charge in [0, 0.05) is 24.0 Å². The van der Waals surface area contributed by atoms with Crippen molar-refractivity contribution in [3.05, 3.63) is 78.0 Å². The summed E-state index contributed by atoms with van der Waals surface area (Å²) in [6.45, 7) is 2.75. The third kappa shape index (κ3) is 3.43. The van der Waals surface area contributed by atoms with E-state index in [-0.39, 0.29) is 0 Å². The van der Waals surface area contributed by atoms with Crippen LogP contribution in [0.5, 0.6) is 0 Å². The number of nitrogens with two attached hydrogens (primary N) is 1. The molecule has 0 saturated carbocycles. The Morgan fingerprint density at radius 2 is 1.88 bits per heavy atom. The van der Waals surface area contributed by atoms with Crippen molar-refractivity contribution in [3.8, 4) is 22.5 Å². The fourth-order valence-corrected chi connectivity index (χ4v) is 4.08. The Bertz CT molecular complexity index is 1380. The van der Waals surface area contributed by atoms with Crippen molar-refractivity contribution in [1.29, 1.82) is 0 Å². The number of nitrogens with zero attached hydrogens (tertiary/aromatic N) is 6. The number of primary amides is 1. The van der Waals surface area contributed by atoms with Crippen LogP contribution in [0.4, 0.5) is 0 Å². The molecule has 3 heterocycles. The van der Waals surface area contributed by atoms with Gasteiger partial charge in [-0.2, -0.15) is 0 Å². The van der Waals surface area contributed by atoms with Crippen molar-refractivity contribution in [3.63, 3.8) is 0 Å². The monoisotopic (exact) mass is 426 g/mol. The minimum Gasteiger partial charge on any atom is -0.364 e. The van der Waals surface area contributed by atoms with Gasteiger partial charge in [0.25, 0.3) is 5.91 Å². The van der Waals surface area contributed by atoms with E-state index in [0.29, 0.717) is 18.1 Å². The number of benzene rings is 2. The summed E-state index contributed by atoms with van der Waals surface area (Å²) < 4.78 is 4.00. The lowest BCUT2D eigenvalue weighted by molar-refractivity contribution is 0.0997. The van der Waals surface area contributed by atoms with Crippen LogP contribution in [0.15, 0.2) is 61.1 Å². The Hall–Kier alpha value is -4.27. The van der Waals surface area contributed by atoms with Gasteiger partial charge in [0.15, 0.2) is 17.2 Å². The van der Waals surface area contributed by atoms with Gasteiger partial charge in [0.05, 0.1) is 0 Å². The van der Waals surface area contributed by atoms with Gasteiger partial charge in [-0.25, -0.2) is 10.1 Å². The normalized spacial score (nSPS) is 11.3. The van der Waals surface area contributed by atoms with Crippen LogP contribution in [0.1, 0.15) is 35.1 Å². The van der Waals surface area contributed by atoms with E-state index in [1.54, 1.807) is 6.33 Å². The number of nitrogens with one attached hydrogen (secondary N) is 1. The Morgan fingerprint density at radius 3 is 2.56 bits per heavy atom. The topological polar surface area (TPSA) is 120 Å². The van der Waals surface area contributed by atoms with Crippen molar-refractivity contribution in [2.75, 3.05) is 0 Å². The molecule has 9 nitrogen and oxygen atoms in total. The molecular formula is C23H22N8O. The predicted molar refractivity (Wildman–Crippen MR) is 120 cm³/mol. The zero-order valence-corrected chi connectivity index (χ0v) is 17.6. The van der Waals surface area contributed by atoms with Crippen LogP contribution >= 0.6 is 0 Å². The van der Waals surface area contributed by atoms with Crippen LogP contribution in [0.25, 0.3) is 28.2 Å². The molecule has 0 saturated heterocycles. The first-order valence-electron chi connectivity index (χ1n) is 10.4. The summed E-state index contributed by atoms with van der Waals surface area (Å²) in [7, 11) is 0. The zero-order chi connectivity index (χ0) is 22.1. The zero-order valence-electron chi connectivity index (χ0n) is 17.6. The summed E-state index contributed by atoms with van der Waals surface area (Å²) in [5, 5.41) is 14.3. The SMILES string of the molecule is CCCc1cn2cnc(C(N)=O)c2n1Cc1ccc(-c2ccccc2-c2nnn[nH]2)cc1. The highest BCUT2D eigenvalue weighted by Crippen LogP contribution is 2.30. The first-order valence-corrected chi connectivity index (χ1v) is 10.4. The van der Waals surface area contributed by atoms with Crippen LogP contribution in [0.3, 0.4) is 0 Å². The molecule has 5 rings (SSSR count). The maximum absolute atomic E-state index is 11.9. The van der Waals surface area contributed by atoms with Crippen LogP contribution in [-0.2, 0) is 13.0 Å². The van der Waals surface area contributed by atoms with Crippen LogP contribution in [0.2, 0.25) is 0 Å². The third-order valence-corrected chi connectivity index (χ3v) is 5.53. The number of rotatable bonds is 7. The molecule has 0 unspecified atom stereocenters. The fourth-order valence-electron chi connectivity index (χ4n) is 4.08. The van der Waals surface area contributed by atoms with E-state index in [0.717, 1.165) is 46.4 Å². The lowest BCUT2D eigenvalue weighted by Gasteiger charge is -2.11. The molecule has 5 aromatic rings. The van der Waals surface area contributed by atoms with Gasteiger partial charge < -0.3 is 10.3 Å². The lowest BCUT2D eigenvalue weighted by atomic mass is 9.98. The molecule has 9 heteroatoms. The predicted octanol–water partition coefficient (Wildman–Crippen LogP) is 3.08. The quantitative estimate of drug-likeness (QED) is 0.414. The number of hydrogen-bond donors (Lipinski definition) is 2. The standard InChI is InChI=1S/C23H22N8O/c1-2-5-17-13-30-14-25-20(21(24)32)23(30)31(17)12-15-8-10-16(11-9-15)18-6-3-4-7-19(18)22-26-28-29-27-22/h3-4,6-11,13-14H,2,5,12H2,1H3,(H2,24,32)(H,26,27,28,29). The highest BCUT2D eigenvalue weighted by Gasteiger charge is 2.18. The number of aromatic nitrogens is 7. The first kappa shape index (κ1) is 19.7. The number of aromatic amines is 1. The van der Waals surface area contributed by atoms with Crippen molar-refractivity contribution in [2.24, 2.45) is 5.73 Å². The number of carbonyl (C=O) groups excluding carboxylic acids is 1. The molecule has 0 radical (unpaired) electrons. The number of carbonyl (C=O) groups is 1. The average molecular weight is 426 g/mol. The molecule has 0 bridgehead atoms. The molecular weight excluding hydrogens is 404 g/mol. The van der Waals surface area contributed by atoms with Crippen LogP contribution in [-0.4, -0.2) is 40.5 Å². The summed E-state index contributed by atoms with van der Waals surface area (Å²) in [5.74, 6) is 0.104. The van der Waals surface area contributed by atoms with Gasteiger partial charge >= 0.3 is 0 Å². The molecule has 1 amide bonds. The van der Waals surface area contributed by atoms with E-state index < -0.39 is 5.91 Å². The summed E-state index contributed by atoms with van der Waals surface area (Å²) in [4.78, 5) is 16.1. The Balaban J connectivity index is 1.50. The summed E-state index contributed by atoms with van der Waals surface area (Å²) in [5.41, 5.74) is 11.9. The van der Waals surface area contributed by atoms with Gasteiger partial charge in [-0.05, 0) is 33.5 Å². The van der Waals surface area contributed by atoms with Gasteiger partial charge in [-0.15, -0.1) is 5.10 Å². The Labute approximate surface area is 183 Å². The molecule has 3 aromatic heterocycles. The minimum absolute atomic E-state index is 0.290. The lowest BCUT2D eigenvalue weighted by Crippen LogP contribution is -2.14. The number of tetrazole rings is 1. The van der Waals surface area contributed by atoms with Crippen LogP contribution in [0, 0.1) is 0 Å². The Kier molecular flexibility index (Phi) is 4.98. The summed E-state index contributed by atoms with van der Waals surface area (Å²) in [6.07, 6.45) is 5.56. The average Bonchev–Trinajstić information content (AvgIpc) is 3.53. The van der Waals surface area contributed by atoms with Crippen molar-refractivity contribution >= 4 is 11.6 Å². The number of amides is 1. The van der Waals surface area contributed by atoms with Crippen LogP contribution < -0.4 is 5.73 Å². The maximum Gasteiger partial charge on any atom is 0.271 e. The van der Waals surface area contributed by atoms with E-state index in [1.807, 2.05) is 34.9 Å². The molecule has 0 aliphatic heterocycles. The van der Waals surface area contributed by atoms with Gasteiger partial charge in [0.1, 0.15) is 6.33 Å². The van der Waals surface area contributed by atoms with Gasteiger partial charge in [0.2, 0.25) is 0 Å². The molecule has 2 aromatic carbocycles. The molecule has 32 heavy (non-hydrogen) atoms. The number of imidazole rings is 2. The molecule has 3 N–H and O–H groups in total. The van der Waals surface area contributed by atoms with E-state index >= 15 is 0 Å². The highest BCUT2D eigenvalue weighted by molar-refractivity contribution is 5.97.